The van der Waals surface area contributed by atoms with Crippen LogP contribution in [0.15, 0.2) is 18.2 Å². The Morgan fingerprint density at radius 2 is 1.97 bits per heavy atom. The van der Waals surface area contributed by atoms with Crippen LogP contribution in [0.3, 0.4) is 0 Å². The van der Waals surface area contributed by atoms with Crippen LogP contribution in [-0.2, 0) is 32.6 Å². The van der Waals surface area contributed by atoms with Crippen LogP contribution in [0.1, 0.15) is 57.6 Å². The number of ether oxygens (including phenoxy) is 1. The van der Waals surface area contributed by atoms with Crippen molar-refractivity contribution in [2.45, 2.75) is 69.3 Å². The number of hydrogen-bond donors (Lipinski definition) is 1. The summed E-state index contributed by atoms with van der Waals surface area (Å²) in [6.07, 6.45) is -3.99. The quantitative estimate of drug-likeness (QED) is 0.443. The minimum Gasteiger partial charge on any atom is -0.494 e. The monoisotopic (exact) mass is 464 g/mol. The second-order valence-corrected chi connectivity index (χ2v) is 10.7. The van der Waals surface area contributed by atoms with Gasteiger partial charge in [0.1, 0.15) is 5.75 Å². The van der Waals surface area contributed by atoms with E-state index in [-0.39, 0.29) is 25.4 Å². The Morgan fingerprint density at radius 3 is 2.55 bits per heavy atom. The molecule has 1 unspecified atom stereocenters. The molecular weight excluding hydrogens is 433 g/mol. The van der Waals surface area contributed by atoms with Crippen molar-refractivity contribution in [3.63, 3.8) is 0 Å². The lowest BCUT2D eigenvalue weighted by molar-refractivity contribution is -0.170. The zero-order chi connectivity index (χ0) is 23.4. The number of amides is 1. The summed E-state index contributed by atoms with van der Waals surface area (Å²) < 4.78 is 57.9. The molecule has 2 rings (SSSR count). The molecule has 10 heteroatoms. The van der Waals surface area contributed by atoms with E-state index in [1.165, 1.54) is 14.2 Å². The molecule has 0 heterocycles. The van der Waals surface area contributed by atoms with Crippen molar-refractivity contribution in [2.24, 2.45) is 0 Å². The summed E-state index contributed by atoms with van der Waals surface area (Å²) in [5, 5.41) is 1.14. The molecule has 0 bridgehead atoms. The van der Waals surface area contributed by atoms with E-state index in [0.29, 0.717) is 18.6 Å². The molecule has 1 aliphatic carbocycles. The molecule has 0 saturated carbocycles. The highest BCUT2D eigenvalue weighted by molar-refractivity contribution is 7.84. The molecule has 0 saturated heterocycles. The highest BCUT2D eigenvalue weighted by Crippen LogP contribution is 2.42. The SMILES string of the molecule is CON(C)C(=O)C[C@@]1(NS(=O)C(C)(C)C)CCc2cc(OCCCC(F)(F)F)ccc21. The average Bonchev–Trinajstić information content (AvgIpc) is 3.00. The van der Waals surface area contributed by atoms with E-state index in [2.05, 4.69) is 4.72 Å². The summed E-state index contributed by atoms with van der Waals surface area (Å²) in [5.41, 5.74) is 0.914. The second-order valence-electron chi connectivity index (χ2n) is 8.70. The summed E-state index contributed by atoms with van der Waals surface area (Å²) in [7, 11) is 1.49. The molecule has 1 aromatic carbocycles. The molecule has 1 aromatic rings. The number of benzene rings is 1. The van der Waals surface area contributed by atoms with E-state index in [9.17, 15) is 22.2 Å². The first-order chi connectivity index (χ1) is 14.3. The summed E-state index contributed by atoms with van der Waals surface area (Å²) >= 11 is 0. The minimum atomic E-state index is -4.20. The van der Waals surface area contributed by atoms with Gasteiger partial charge in [-0.3, -0.25) is 9.63 Å². The Bertz CT molecular complexity index is 811. The van der Waals surface area contributed by atoms with Gasteiger partial charge in [-0.15, -0.1) is 0 Å². The van der Waals surface area contributed by atoms with Gasteiger partial charge in [-0.1, -0.05) is 6.07 Å². The Balaban J connectivity index is 2.24. The van der Waals surface area contributed by atoms with E-state index < -0.39 is 33.9 Å². The molecule has 176 valence electrons. The van der Waals surface area contributed by atoms with Crippen molar-refractivity contribution in [1.29, 1.82) is 0 Å². The van der Waals surface area contributed by atoms with Crippen LogP contribution < -0.4 is 9.46 Å². The predicted octanol–water partition coefficient (Wildman–Crippen LogP) is 4.01. The molecule has 0 aromatic heterocycles. The average molecular weight is 465 g/mol. The number of rotatable bonds is 9. The van der Waals surface area contributed by atoms with Crippen LogP contribution in [-0.4, -0.2) is 46.9 Å². The van der Waals surface area contributed by atoms with Crippen LogP contribution in [0, 0.1) is 0 Å². The van der Waals surface area contributed by atoms with Crippen molar-refractivity contribution < 1.29 is 31.7 Å². The lowest BCUT2D eigenvalue weighted by Gasteiger charge is -2.34. The number of aryl methyl sites for hydroxylation is 1. The van der Waals surface area contributed by atoms with E-state index in [0.717, 1.165) is 16.2 Å². The number of fused-ring (bicyclic) bond motifs is 1. The zero-order valence-electron chi connectivity index (χ0n) is 18.6. The maximum atomic E-state index is 12.9. The fourth-order valence-corrected chi connectivity index (χ4v) is 4.35. The lowest BCUT2D eigenvalue weighted by Crippen LogP contribution is -2.49. The molecule has 0 spiro atoms. The highest BCUT2D eigenvalue weighted by atomic mass is 32.2. The molecule has 1 aliphatic rings. The van der Waals surface area contributed by atoms with Gasteiger partial charge < -0.3 is 4.74 Å². The van der Waals surface area contributed by atoms with Crippen molar-refractivity contribution >= 4 is 16.9 Å². The first-order valence-corrected chi connectivity index (χ1v) is 11.3. The van der Waals surface area contributed by atoms with E-state index in [1.54, 1.807) is 18.2 Å². The summed E-state index contributed by atoms with van der Waals surface area (Å²) in [4.78, 5) is 17.6. The Labute approximate surface area is 184 Å². The van der Waals surface area contributed by atoms with Gasteiger partial charge in [-0.2, -0.15) is 13.2 Å². The largest absolute Gasteiger partial charge is 0.494 e. The van der Waals surface area contributed by atoms with Gasteiger partial charge in [0.05, 0.1) is 41.4 Å². The number of alkyl halides is 3. The molecule has 1 amide bonds. The van der Waals surface area contributed by atoms with Gasteiger partial charge in [-0.05, 0) is 63.3 Å². The highest BCUT2D eigenvalue weighted by Gasteiger charge is 2.44. The van der Waals surface area contributed by atoms with Gasteiger partial charge in [0.2, 0.25) is 5.91 Å². The van der Waals surface area contributed by atoms with Crippen molar-refractivity contribution in [1.82, 2.24) is 9.79 Å². The standard InChI is InChI=1S/C21H31F3N2O4S/c1-19(2,3)31(28)25-20(14-18(27)26(4)29-5)11-9-15-13-16(7-8-17(15)20)30-12-6-10-21(22,23)24/h7-8,13,25H,6,9-12,14H2,1-5H3/t20-,31?/m0/s1. The van der Waals surface area contributed by atoms with Gasteiger partial charge in [-0.25, -0.2) is 14.0 Å². The van der Waals surface area contributed by atoms with Gasteiger partial charge in [0.25, 0.3) is 0 Å². The molecule has 1 N–H and O–H groups in total. The number of hydrogen-bond acceptors (Lipinski definition) is 4. The van der Waals surface area contributed by atoms with E-state index >= 15 is 0 Å². The van der Waals surface area contributed by atoms with Gasteiger partial charge in [0, 0.05) is 13.5 Å². The third kappa shape index (κ3) is 6.92. The van der Waals surface area contributed by atoms with Crippen LogP contribution in [0.25, 0.3) is 0 Å². The van der Waals surface area contributed by atoms with Crippen molar-refractivity contribution in [3.05, 3.63) is 29.3 Å². The number of nitrogens with one attached hydrogen (secondary N) is 1. The summed E-state index contributed by atoms with van der Waals surface area (Å²) in [6.45, 7) is 5.51. The number of nitrogens with zero attached hydrogens (tertiary/aromatic N) is 1. The Kier molecular flexibility index (Phi) is 8.15. The van der Waals surface area contributed by atoms with Gasteiger partial charge in [0.15, 0.2) is 0 Å². The topological polar surface area (TPSA) is 67.9 Å². The predicted molar refractivity (Wildman–Crippen MR) is 113 cm³/mol. The van der Waals surface area contributed by atoms with Crippen molar-refractivity contribution in [3.8, 4) is 5.75 Å². The molecule has 0 radical (unpaired) electrons. The summed E-state index contributed by atoms with van der Waals surface area (Å²) in [6, 6.07) is 5.27. The molecule has 2 atom stereocenters. The molecular formula is C21H31F3N2O4S. The number of halogens is 3. The van der Waals surface area contributed by atoms with Crippen LogP contribution >= 0.6 is 0 Å². The first kappa shape index (κ1) is 25.6. The maximum Gasteiger partial charge on any atom is 0.389 e. The first-order valence-electron chi connectivity index (χ1n) is 10.1. The van der Waals surface area contributed by atoms with Gasteiger partial charge >= 0.3 is 6.18 Å². The van der Waals surface area contributed by atoms with Crippen molar-refractivity contribution in [2.75, 3.05) is 20.8 Å². The second kappa shape index (κ2) is 9.87. The molecule has 0 fully saturated rings. The molecule has 31 heavy (non-hydrogen) atoms. The third-order valence-electron chi connectivity index (χ3n) is 5.21. The number of carbonyl (C=O) groups is 1. The van der Waals surface area contributed by atoms with Crippen LogP contribution in [0.4, 0.5) is 13.2 Å². The van der Waals surface area contributed by atoms with E-state index in [1.807, 2.05) is 20.8 Å². The summed E-state index contributed by atoms with van der Waals surface area (Å²) in [5.74, 6) is 0.218. The maximum absolute atomic E-state index is 12.9. The number of carbonyl (C=O) groups excluding carboxylic acids is 1. The Hall–Kier alpha value is -1.65. The lowest BCUT2D eigenvalue weighted by atomic mass is 9.89. The smallest absolute Gasteiger partial charge is 0.389 e. The fraction of sp³-hybridized carbons (Fsp3) is 0.667. The normalized spacial score (nSPS) is 19.7. The van der Waals surface area contributed by atoms with Crippen LogP contribution in [0.5, 0.6) is 5.75 Å². The third-order valence-corrected chi connectivity index (χ3v) is 6.90. The minimum absolute atomic E-state index is 0.0349. The fourth-order valence-electron chi connectivity index (χ4n) is 3.41. The Morgan fingerprint density at radius 1 is 1.29 bits per heavy atom. The molecule has 6 nitrogen and oxygen atoms in total. The van der Waals surface area contributed by atoms with Crippen LogP contribution in [0.2, 0.25) is 0 Å². The van der Waals surface area contributed by atoms with E-state index in [4.69, 9.17) is 9.57 Å². The molecule has 0 aliphatic heterocycles. The zero-order valence-corrected chi connectivity index (χ0v) is 19.4. The number of hydroxylamine groups is 2.